The van der Waals surface area contributed by atoms with Gasteiger partial charge in [-0.1, -0.05) is 30.7 Å². The number of hydrogen-bond acceptors (Lipinski definition) is 3. The van der Waals surface area contributed by atoms with Crippen LogP contribution in [0.2, 0.25) is 5.02 Å². The number of nitrogens with zero attached hydrogens (tertiary/aromatic N) is 4. The third kappa shape index (κ3) is 2.15. The van der Waals surface area contributed by atoms with Crippen molar-refractivity contribution in [2.45, 2.75) is 18.8 Å². The van der Waals surface area contributed by atoms with E-state index in [4.69, 9.17) is 11.6 Å². The SMILES string of the molecule is CN1CCC(C)(c2ncnn2-c2ccccc2Cl)C1. The van der Waals surface area contributed by atoms with Gasteiger partial charge in [0.25, 0.3) is 0 Å². The van der Waals surface area contributed by atoms with E-state index in [2.05, 4.69) is 29.0 Å². The highest BCUT2D eigenvalue weighted by Gasteiger charge is 2.38. The monoisotopic (exact) mass is 276 g/mol. The number of hydrogen-bond donors (Lipinski definition) is 0. The van der Waals surface area contributed by atoms with E-state index < -0.39 is 0 Å². The van der Waals surface area contributed by atoms with Gasteiger partial charge in [0, 0.05) is 12.0 Å². The summed E-state index contributed by atoms with van der Waals surface area (Å²) in [5.41, 5.74) is 0.928. The molecule has 3 rings (SSSR count). The largest absolute Gasteiger partial charge is 0.305 e. The number of halogens is 1. The Bertz CT molecular complexity index is 595. The van der Waals surface area contributed by atoms with E-state index >= 15 is 0 Å². The van der Waals surface area contributed by atoms with E-state index in [1.807, 2.05) is 28.9 Å². The van der Waals surface area contributed by atoms with Crippen LogP contribution in [0.5, 0.6) is 0 Å². The third-order valence-corrected chi connectivity index (χ3v) is 4.15. The lowest BCUT2D eigenvalue weighted by Crippen LogP contribution is -2.29. The molecule has 1 saturated heterocycles. The lowest BCUT2D eigenvalue weighted by Gasteiger charge is -2.23. The molecule has 0 bridgehead atoms. The van der Waals surface area contributed by atoms with Crippen LogP contribution in [0.3, 0.4) is 0 Å². The summed E-state index contributed by atoms with van der Waals surface area (Å²) < 4.78 is 1.88. The summed E-state index contributed by atoms with van der Waals surface area (Å²) in [6.45, 7) is 4.33. The molecule has 1 aromatic heterocycles. The Hall–Kier alpha value is -1.39. The molecule has 100 valence electrons. The van der Waals surface area contributed by atoms with Crippen LogP contribution in [0.15, 0.2) is 30.6 Å². The molecule has 2 aromatic rings. The predicted molar refractivity (Wildman–Crippen MR) is 75.8 cm³/mol. The van der Waals surface area contributed by atoms with Crippen LogP contribution < -0.4 is 0 Å². The fraction of sp³-hybridized carbons (Fsp3) is 0.429. The van der Waals surface area contributed by atoms with Crippen LogP contribution in [0.4, 0.5) is 0 Å². The van der Waals surface area contributed by atoms with Gasteiger partial charge < -0.3 is 4.90 Å². The van der Waals surface area contributed by atoms with E-state index in [1.54, 1.807) is 6.33 Å². The maximum Gasteiger partial charge on any atom is 0.139 e. The number of para-hydroxylation sites is 1. The number of benzene rings is 1. The second-order valence-corrected chi connectivity index (χ2v) is 5.90. The molecule has 1 aromatic carbocycles. The van der Waals surface area contributed by atoms with E-state index in [0.29, 0.717) is 5.02 Å². The van der Waals surface area contributed by atoms with Crippen LogP contribution in [0.25, 0.3) is 5.69 Å². The van der Waals surface area contributed by atoms with Gasteiger partial charge in [-0.25, -0.2) is 9.67 Å². The third-order valence-electron chi connectivity index (χ3n) is 3.83. The van der Waals surface area contributed by atoms with Crippen LogP contribution in [-0.4, -0.2) is 39.8 Å². The molecular weight excluding hydrogens is 260 g/mol. The molecule has 1 unspecified atom stereocenters. The van der Waals surface area contributed by atoms with Crippen molar-refractivity contribution in [1.82, 2.24) is 19.7 Å². The maximum absolute atomic E-state index is 6.27. The Labute approximate surface area is 118 Å². The van der Waals surface area contributed by atoms with Gasteiger partial charge in [-0.3, -0.25) is 0 Å². The van der Waals surface area contributed by atoms with Crippen LogP contribution in [0.1, 0.15) is 19.2 Å². The number of likely N-dealkylation sites (N-methyl/N-ethyl adjacent to an activating group) is 1. The van der Waals surface area contributed by atoms with Crippen molar-refractivity contribution < 1.29 is 0 Å². The molecule has 0 radical (unpaired) electrons. The first-order chi connectivity index (χ1) is 9.10. The minimum Gasteiger partial charge on any atom is -0.305 e. The molecule has 0 N–H and O–H groups in total. The summed E-state index contributed by atoms with van der Waals surface area (Å²) in [7, 11) is 2.14. The van der Waals surface area contributed by atoms with Crippen LogP contribution in [-0.2, 0) is 5.41 Å². The fourth-order valence-corrected chi connectivity index (χ4v) is 3.04. The molecule has 1 fully saturated rings. The van der Waals surface area contributed by atoms with Gasteiger partial charge in [-0.15, -0.1) is 0 Å². The summed E-state index contributed by atoms with van der Waals surface area (Å²) in [4.78, 5) is 6.81. The zero-order valence-electron chi connectivity index (χ0n) is 11.2. The molecular formula is C14H17ClN4. The van der Waals surface area contributed by atoms with Gasteiger partial charge in [0.05, 0.1) is 10.7 Å². The Morgan fingerprint density at radius 3 is 2.79 bits per heavy atom. The van der Waals surface area contributed by atoms with Crippen molar-refractivity contribution in [2.75, 3.05) is 20.1 Å². The van der Waals surface area contributed by atoms with Gasteiger partial charge in [0.2, 0.25) is 0 Å². The van der Waals surface area contributed by atoms with Gasteiger partial charge in [-0.05, 0) is 32.1 Å². The van der Waals surface area contributed by atoms with Gasteiger partial charge >= 0.3 is 0 Å². The molecule has 0 amide bonds. The molecule has 19 heavy (non-hydrogen) atoms. The summed E-state index contributed by atoms with van der Waals surface area (Å²) >= 11 is 6.27. The van der Waals surface area contributed by atoms with E-state index in [9.17, 15) is 0 Å². The first kappa shape index (κ1) is 12.6. The first-order valence-electron chi connectivity index (χ1n) is 6.44. The standard InChI is InChI=1S/C14H17ClN4/c1-14(7-8-18(2)9-14)13-16-10-17-19(13)12-6-4-3-5-11(12)15/h3-6,10H,7-9H2,1-2H3. The molecule has 0 saturated carbocycles. The molecule has 0 spiro atoms. The fourth-order valence-electron chi connectivity index (χ4n) is 2.83. The smallest absolute Gasteiger partial charge is 0.139 e. The topological polar surface area (TPSA) is 34.0 Å². The first-order valence-corrected chi connectivity index (χ1v) is 6.82. The van der Waals surface area contributed by atoms with Gasteiger partial charge in [0.1, 0.15) is 12.2 Å². The van der Waals surface area contributed by atoms with Crippen LogP contribution >= 0.6 is 11.6 Å². The molecule has 4 nitrogen and oxygen atoms in total. The highest BCUT2D eigenvalue weighted by atomic mass is 35.5. The quantitative estimate of drug-likeness (QED) is 0.845. The van der Waals surface area contributed by atoms with E-state index in [0.717, 1.165) is 31.0 Å². The van der Waals surface area contributed by atoms with E-state index in [-0.39, 0.29) is 5.41 Å². The molecule has 2 heterocycles. The summed E-state index contributed by atoms with van der Waals surface area (Å²) in [6.07, 6.45) is 2.70. The average molecular weight is 277 g/mol. The average Bonchev–Trinajstić information content (AvgIpc) is 2.98. The minimum absolute atomic E-state index is 0.0322. The summed E-state index contributed by atoms with van der Waals surface area (Å²) in [5, 5.41) is 5.06. The van der Waals surface area contributed by atoms with Crippen molar-refractivity contribution in [1.29, 1.82) is 0 Å². The Morgan fingerprint density at radius 1 is 1.32 bits per heavy atom. The molecule has 1 aliphatic heterocycles. The van der Waals surface area contributed by atoms with E-state index in [1.165, 1.54) is 0 Å². The highest BCUT2D eigenvalue weighted by Crippen LogP contribution is 2.33. The van der Waals surface area contributed by atoms with Crippen LogP contribution in [0, 0.1) is 0 Å². The van der Waals surface area contributed by atoms with Crippen molar-refractivity contribution in [3.8, 4) is 5.69 Å². The molecule has 1 atom stereocenters. The highest BCUT2D eigenvalue weighted by molar-refractivity contribution is 6.32. The number of aromatic nitrogens is 3. The van der Waals surface area contributed by atoms with Crippen molar-refractivity contribution in [2.24, 2.45) is 0 Å². The molecule has 5 heteroatoms. The summed E-state index contributed by atoms with van der Waals surface area (Å²) in [5.74, 6) is 0.991. The number of rotatable bonds is 2. The zero-order chi connectivity index (χ0) is 13.5. The molecule has 1 aliphatic rings. The lowest BCUT2D eigenvalue weighted by atomic mass is 9.88. The second-order valence-electron chi connectivity index (χ2n) is 5.50. The summed E-state index contributed by atoms with van der Waals surface area (Å²) in [6, 6.07) is 7.75. The number of likely N-dealkylation sites (tertiary alicyclic amines) is 1. The zero-order valence-corrected chi connectivity index (χ0v) is 11.9. The van der Waals surface area contributed by atoms with Crippen molar-refractivity contribution in [3.63, 3.8) is 0 Å². The molecule has 0 aliphatic carbocycles. The Balaban J connectivity index is 2.07. The Morgan fingerprint density at radius 2 is 2.11 bits per heavy atom. The Kier molecular flexibility index (Phi) is 3.07. The van der Waals surface area contributed by atoms with Gasteiger partial charge in [0.15, 0.2) is 0 Å². The van der Waals surface area contributed by atoms with Gasteiger partial charge in [-0.2, -0.15) is 5.10 Å². The minimum atomic E-state index is 0.0322. The van der Waals surface area contributed by atoms with Crippen molar-refractivity contribution >= 4 is 11.6 Å². The lowest BCUT2D eigenvalue weighted by molar-refractivity contribution is 0.370. The second kappa shape index (κ2) is 4.62. The maximum atomic E-state index is 6.27. The van der Waals surface area contributed by atoms with Crippen molar-refractivity contribution in [3.05, 3.63) is 41.4 Å². The normalized spacial score (nSPS) is 23.9. The predicted octanol–water partition coefficient (Wildman–Crippen LogP) is 2.51.